The van der Waals surface area contributed by atoms with Crippen molar-refractivity contribution in [3.05, 3.63) is 0 Å². The zero-order valence-corrected chi connectivity index (χ0v) is 13.5. The SMILES string of the molecule is CCC(CC)(OP(=O)(O)C(O)(CC)CC)P(=O)(O)O. The van der Waals surface area contributed by atoms with Crippen molar-refractivity contribution >= 4 is 15.2 Å². The van der Waals surface area contributed by atoms with Gasteiger partial charge >= 0.3 is 15.2 Å². The summed E-state index contributed by atoms with van der Waals surface area (Å²) < 4.78 is 28.7. The lowest BCUT2D eigenvalue weighted by atomic mass is 10.2. The van der Waals surface area contributed by atoms with Crippen molar-refractivity contribution < 1.29 is 33.4 Å². The van der Waals surface area contributed by atoms with Crippen LogP contribution in [0.15, 0.2) is 0 Å². The van der Waals surface area contributed by atoms with E-state index in [-0.39, 0.29) is 25.7 Å². The molecule has 19 heavy (non-hydrogen) atoms. The lowest BCUT2D eigenvalue weighted by molar-refractivity contribution is 0.0323. The van der Waals surface area contributed by atoms with Crippen LogP contribution in [0.1, 0.15) is 53.4 Å². The van der Waals surface area contributed by atoms with Crippen molar-refractivity contribution in [3.63, 3.8) is 0 Å². The molecule has 0 spiro atoms. The van der Waals surface area contributed by atoms with Crippen molar-refractivity contribution in [1.29, 1.82) is 0 Å². The van der Waals surface area contributed by atoms with Crippen LogP contribution in [0, 0.1) is 0 Å². The van der Waals surface area contributed by atoms with Gasteiger partial charge in [0.15, 0.2) is 10.7 Å². The Labute approximate surface area is 113 Å². The highest BCUT2D eigenvalue weighted by Gasteiger charge is 2.55. The molecule has 0 aliphatic rings. The van der Waals surface area contributed by atoms with Gasteiger partial charge in [0, 0.05) is 0 Å². The fourth-order valence-electron chi connectivity index (χ4n) is 1.81. The Bertz CT molecular complexity index is 381. The second-order valence-corrected chi connectivity index (χ2v) is 8.46. The number of hydrogen-bond acceptors (Lipinski definition) is 4. The Morgan fingerprint density at radius 1 is 0.895 bits per heavy atom. The Kier molecular flexibility index (Phi) is 6.44. The summed E-state index contributed by atoms with van der Waals surface area (Å²) in [5.41, 5.74) is 0. The third-order valence-electron chi connectivity index (χ3n) is 3.59. The van der Waals surface area contributed by atoms with Crippen LogP contribution in [-0.4, -0.2) is 30.5 Å². The van der Waals surface area contributed by atoms with E-state index in [1.54, 1.807) is 0 Å². The minimum Gasteiger partial charge on any atom is -0.377 e. The molecule has 0 heterocycles. The van der Waals surface area contributed by atoms with Gasteiger partial charge in [-0.15, -0.1) is 0 Å². The van der Waals surface area contributed by atoms with E-state index in [9.17, 15) is 28.9 Å². The molecular formula is C10H24O7P2. The molecule has 0 aliphatic heterocycles. The summed E-state index contributed by atoms with van der Waals surface area (Å²) in [6.07, 6.45) is -0.381. The van der Waals surface area contributed by atoms with E-state index in [1.807, 2.05) is 0 Å². The molecule has 0 aromatic heterocycles. The second kappa shape index (κ2) is 6.35. The normalized spacial score (nSPS) is 17.3. The van der Waals surface area contributed by atoms with Gasteiger partial charge in [-0.1, -0.05) is 27.7 Å². The number of hydrogen-bond donors (Lipinski definition) is 4. The van der Waals surface area contributed by atoms with Crippen molar-refractivity contribution in [3.8, 4) is 0 Å². The van der Waals surface area contributed by atoms with Crippen LogP contribution < -0.4 is 0 Å². The predicted molar refractivity (Wildman–Crippen MR) is 71.8 cm³/mol. The molecule has 0 fully saturated rings. The zero-order chi connectivity index (χ0) is 15.5. The first kappa shape index (κ1) is 19.3. The molecule has 0 saturated heterocycles. The largest absolute Gasteiger partial charge is 0.377 e. The fraction of sp³-hybridized carbons (Fsp3) is 1.00. The van der Waals surface area contributed by atoms with Crippen LogP contribution in [-0.2, 0) is 13.7 Å². The third-order valence-corrected chi connectivity index (χ3v) is 7.80. The van der Waals surface area contributed by atoms with Gasteiger partial charge in [-0.3, -0.25) is 13.7 Å². The monoisotopic (exact) mass is 318 g/mol. The minimum atomic E-state index is -4.76. The van der Waals surface area contributed by atoms with Gasteiger partial charge in [-0.25, -0.2) is 0 Å². The van der Waals surface area contributed by atoms with Crippen molar-refractivity contribution in [1.82, 2.24) is 0 Å². The van der Waals surface area contributed by atoms with Gasteiger partial charge in [0.2, 0.25) is 0 Å². The fourth-order valence-corrected chi connectivity index (χ4v) is 5.08. The Hall–Kier alpha value is 0.260. The highest BCUT2D eigenvalue weighted by Crippen LogP contribution is 2.67. The predicted octanol–water partition coefficient (Wildman–Crippen LogP) is 2.39. The maximum absolute atomic E-state index is 12.2. The molecule has 0 aromatic rings. The van der Waals surface area contributed by atoms with E-state index in [2.05, 4.69) is 0 Å². The standard InChI is InChI=1S/C10H24O7P2/c1-5-9(11,6-2)19(15,16)17-10(7-3,8-4)18(12,13)14/h11H,5-8H2,1-4H3,(H,15,16)(H2,12,13,14). The average molecular weight is 318 g/mol. The molecule has 0 aliphatic carbocycles. The second-order valence-electron chi connectivity index (χ2n) is 4.50. The van der Waals surface area contributed by atoms with E-state index < -0.39 is 25.9 Å². The molecule has 1 unspecified atom stereocenters. The summed E-state index contributed by atoms with van der Waals surface area (Å²) in [6.45, 7) is 5.93. The van der Waals surface area contributed by atoms with Crippen LogP contribution in [0.25, 0.3) is 0 Å². The summed E-state index contributed by atoms with van der Waals surface area (Å²) in [4.78, 5) is 28.7. The highest BCUT2D eigenvalue weighted by atomic mass is 31.2. The van der Waals surface area contributed by atoms with Crippen molar-refractivity contribution in [2.45, 2.75) is 64.1 Å². The van der Waals surface area contributed by atoms with E-state index in [0.717, 1.165) is 0 Å². The molecule has 0 amide bonds. The lowest BCUT2D eigenvalue weighted by Crippen LogP contribution is -2.36. The maximum Gasteiger partial charge on any atom is 0.360 e. The van der Waals surface area contributed by atoms with Crippen LogP contribution >= 0.6 is 15.2 Å². The van der Waals surface area contributed by atoms with E-state index >= 15 is 0 Å². The molecule has 1 atom stereocenters. The van der Waals surface area contributed by atoms with Gasteiger partial charge in [0.05, 0.1) is 0 Å². The molecule has 4 N–H and O–H groups in total. The van der Waals surface area contributed by atoms with Crippen LogP contribution in [0.4, 0.5) is 0 Å². The molecule has 7 nitrogen and oxygen atoms in total. The van der Waals surface area contributed by atoms with Gasteiger partial charge < -0.3 is 19.8 Å². The highest BCUT2D eigenvalue weighted by molar-refractivity contribution is 7.57. The maximum atomic E-state index is 12.2. The van der Waals surface area contributed by atoms with E-state index in [0.29, 0.717) is 0 Å². The Morgan fingerprint density at radius 3 is 1.47 bits per heavy atom. The molecule has 0 bridgehead atoms. The van der Waals surface area contributed by atoms with Crippen molar-refractivity contribution in [2.24, 2.45) is 0 Å². The summed E-state index contributed by atoms with van der Waals surface area (Å²) in [7, 11) is -9.36. The Balaban J connectivity index is 5.62. The first-order valence-electron chi connectivity index (χ1n) is 6.27. The molecule has 0 rings (SSSR count). The molecule has 0 saturated carbocycles. The zero-order valence-electron chi connectivity index (χ0n) is 11.7. The van der Waals surface area contributed by atoms with Crippen LogP contribution in [0.5, 0.6) is 0 Å². The van der Waals surface area contributed by atoms with Gasteiger partial charge in [-0.2, -0.15) is 0 Å². The Morgan fingerprint density at radius 2 is 1.26 bits per heavy atom. The van der Waals surface area contributed by atoms with Gasteiger partial charge in [0.1, 0.15) is 0 Å². The average Bonchev–Trinajstić information content (AvgIpc) is 2.33. The van der Waals surface area contributed by atoms with Crippen LogP contribution in [0.2, 0.25) is 0 Å². The summed E-state index contributed by atoms with van der Waals surface area (Å²) in [5.74, 6) is 0. The molecular weight excluding hydrogens is 294 g/mol. The molecule has 9 heteroatoms. The van der Waals surface area contributed by atoms with E-state index in [4.69, 9.17) is 4.52 Å². The lowest BCUT2D eigenvalue weighted by Gasteiger charge is -2.38. The van der Waals surface area contributed by atoms with E-state index in [1.165, 1.54) is 27.7 Å². The van der Waals surface area contributed by atoms with Gasteiger partial charge in [-0.05, 0) is 25.7 Å². The summed E-state index contributed by atoms with van der Waals surface area (Å²) in [6, 6.07) is 0. The third kappa shape index (κ3) is 3.67. The topological polar surface area (TPSA) is 124 Å². The van der Waals surface area contributed by atoms with Gasteiger partial charge in [0.25, 0.3) is 0 Å². The first-order valence-corrected chi connectivity index (χ1v) is 9.46. The number of aliphatic hydroxyl groups is 1. The minimum absolute atomic E-state index is 0.0536. The smallest absolute Gasteiger partial charge is 0.360 e. The molecule has 0 radical (unpaired) electrons. The number of rotatable bonds is 8. The van der Waals surface area contributed by atoms with Crippen molar-refractivity contribution in [2.75, 3.05) is 0 Å². The first-order chi connectivity index (χ1) is 8.45. The molecule has 0 aromatic carbocycles. The van der Waals surface area contributed by atoms with Crippen LogP contribution in [0.3, 0.4) is 0 Å². The molecule has 116 valence electrons. The quantitative estimate of drug-likeness (QED) is 0.506. The summed E-state index contributed by atoms with van der Waals surface area (Å²) >= 11 is 0. The summed E-state index contributed by atoms with van der Waals surface area (Å²) in [5, 5.41) is 6.04.